The molecule has 0 fully saturated rings. The molecule has 0 unspecified atom stereocenters. The van der Waals surface area contributed by atoms with E-state index in [-0.39, 0.29) is 12.5 Å². The molecule has 0 aliphatic carbocycles. The first-order chi connectivity index (χ1) is 13.8. The Hall–Kier alpha value is -3.23. The maximum atomic E-state index is 12.7. The summed E-state index contributed by atoms with van der Waals surface area (Å²) in [5, 5.41) is 6.45. The van der Waals surface area contributed by atoms with Gasteiger partial charge in [-0.25, -0.2) is 4.98 Å². The zero-order valence-corrected chi connectivity index (χ0v) is 16.9. The van der Waals surface area contributed by atoms with Crippen molar-refractivity contribution < 1.29 is 14.4 Å². The zero-order chi connectivity index (χ0) is 21.0. The third-order valence-corrected chi connectivity index (χ3v) is 5.32. The van der Waals surface area contributed by atoms with Crippen LogP contribution in [0.15, 0.2) is 48.5 Å². The van der Waals surface area contributed by atoms with Crippen LogP contribution in [0.4, 0.5) is 5.69 Å². The van der Waals surface area contributed by atoms with Gasteiger partial charge in [0.05, 0.1) is 12.2 Å². The normalized spacial score (nSPS) is 10.4. The van der Waals surface area contributed by atoms with Crippen molar-refractivity contribution in [3.63, 3.8) is 0 Å². The number of hydrogen-bond acceptors (Lipinski definition) is 5. The summed E-state index contributed by atoms with van der Waals surface area (Å²) in [6.45, 7) is 1.49. The van der Waals surface area contributed by atoms with Crippen molar-refractivity contribution in [2.24, 2.45) is 5.73 Å². The van der Waals surface area contributed by atoms with Crippen LogP contribution in [0.1, 0.15) is 25.7 Å². The number of nitrogens with one attached hydrogen (secondary N) is 2. The number of carbonyl (C=O) groups is 3. The molecule has 0 aliphatic heterocycles. The molecule has 29 heavy (non-hydrogen) atoms. The Morgan fingerprint density at radius 3 is 2.59 bits per heavy atom. The number of anilines is 1. The predicted octanol–water partition coefficient (Wildman–Crippen LogP) is 3.24. The molecule has 0 radical (unpaired) electrons. The van der Waals surface area contributed by atoms with E-state index in [0.29, 0.717) is 31.9 Å². The number of thiazole rings is 1. The van der Waals surface area contributed by atoms with E-state index in [1.807, 2.05) is 12.1 Å². The topological polar surface area (TPSA) is 114 Å². The van der Waals surface area contributed by atoms with Gasteiger partial charge in [0.1, 0.15) is 9.88 Å². The molecule has 0 aliphatic rings. The average molecular weight is 429 g/mol. The van der Waals surface area contributed by atoms with Crippen molar-refractivity contribution in [3.8, 4) is 10.6 Å². The minimum Gasteiger partial charge on any atom is -0.368 e. The van der Waals surface area contributed by atoms with Gasteiger partial charge in [-0.1, -0.05) is 29.8 Å². The van der Waals surface area contributed by atoms with E-state index >= 15 is 0 Å². The lowest BCUT2D eigenvalue weighted by Crippen LogP contribution is -2.33. The Morgan fingerprint density at radius 2 is 1.86 bits per heavy atom. The molecular formula is C20H17ClN4O3S. The molecule has 0 bridgehead atoms. The van der Waals surface area contributed by atoms with Crippen LogP contribution >= 0.6 is 22.9 Å². The highest BCUT2D eigenvalue weighted by Crippen LogP contribution is 2.30. The largest absolute Gasteiger partial charge is 0.368 e. The van der Waals surface area contributed by atoms with Gasteiger partial charge in [0.25, 0.3) is 11.8 Å². The van der Waals surface area contributed by atoms with Crippen LogP contribution in [0.3, 0.4) is 0 Å². The summed E-state index contributed by atoms with van der Waals surface area (Å²) < 4.78 is 0. The number of hydrogen-bond donors (Lipinski definition) is 3. The van der Waals surface area contributed by atoms with Crippen molar-refractivity contribution in [2.75, 3.05) is 11.9 Å². The molecule has 0 saturated carbocycles. The molecule has 3 amide bonds. The standard InChI is InChI=1S/C20H17ClN4O3S/c1-11-17(29-20(24-11)13-5-2-6-14(21)8-13)19(28)25-15-7-3-4-12(9-15)18(27)23-10-16(22)26/h2-9H,10H2,1H3,(H2,22,26)(H,23,27)(H,25,28). The molecule has 148 valence electrons. The number of carbonyl (C=O) groups excluding carboxylic acids is 3. The minimum absolute atomic E-state index is 0.262. The van der Waals surface area contributed by atoms with Crippen LogP contribution in [0.2, 0.25) is 5.02 Å². The maximum absolute atomic E-state index is 12.7. The Morgan fingerprint density at radius 1 is 1.10 bits per heavy atom. The quantitative estimate of drug-likeness (QED) is 0.559. The number of nitrogens with zero attached hydrogens (tertiary/aromatic N) is 1. The summed E-state index contributed by atoms with van der Waals surface area (Å²) in [5.74, 6) is -1.43. The highest BCUT2D eigenvalue weighted by atomic mass is 35.5. The highest BCUT2D eigenvalue weighted by molar-refractivity contribution is 7.17. The number of aromatic nitrogens is 1. The van der Waals surface area contributed by atoms with Crippen molar-refractivity contribution in [2.45, 2.75) is 6.92 Å². The SMILES string of the molecule is Cc1nc(-c2cccc(Cl)c2)sc1C(=O)Nc1cccc(C(=O)NCC(N)=O)c1. The van der Waals surface area contributed by atoms with Gasteiger partial charge in [-0.05, 0) is 37.3 Å². The molecule has 3 rings (SSSR count). The number of rotatable bonds is 6. The Bertz CT molecular complexity index is 1100. The van der Waals surface area contributed by atoms with E-state index in [1.165, 1.54) is 17.4 Å². The lowest BCUT2D eigenvalue weighted by Gasteiger charge is -2.07. The van der Waals surface area contributed by atoms with E-state index in [2.05, 4.69) is 15.6 Å². The van der Waals surface area contributed by atoms with Gasteiger partial charge in [-0.2, -0.15) is 0 Å². The molecule has 0 saturated heterocycles. The summed E-state index contributed by atoms with van der Waals surface area (Å²) in [4.78, 5) is 40.5. The van der Waals surface area contributed by atoms with Gasteiger partial charge in [0.2, 0.25) is 5.91 Å². The number of benzene rings is 2. The molecule has 0 atom stereocenters. The van der Waals surface area contributed by atoms with Crippen LogP contribution in [0, 0.1) is 6.92 Å². The number of primary amides is 1. The maximum Gasteiger partial charge on any atom is 0.267 e. The third-order valence-electron chi connectivity index (χ3n) is 3.88. The monoisotopic (exact) mass is 428 g/mol. The van der Waals surface area contributed by atoms with Crippen molar-refractivity contribution in [1.82, 2.24) is 10.3 Å². The molecule has 0 spiro atoms. The minimum atomic E-state index is -0.640. The van der Waals surface area contributed by atoms with Crippen LogP contribution in [0.25, 0.3) is 10.6 Å². The van der Waals surface area contributed by atoms with Gasteiger partial charge in [-0.3, -0.25) is 14.4 Å². The Balaban J connectivity index is 1.76. The van der Waals surface area contributed by atoms with Crippen molar-refractivity contribution in [3.05, 3.63) is 69.7 Å². The molecule has 7 nitrogen and oxygen atoms in total. The first-order valence-corrected chi connectivity index (χ1v) is 9.74. The van der Waals surface area contributed by atoms with Crippen molar-refractivity contribution in [1.29, 1.82) is 0 Å². The van der Waals surface area contributed by atoms with Gasteiger partial charge in [0.15, 0.2) is 0 Å². The van der Waals surface area contributed by atoms with Gasteiger partial charge < -0.3 is 16.4 Å². The van der Waals surface area contributed by atoms with E-state index in [0.717, 1.165) is 5.56 Å². The average Bonchev–Trinajstić information content (AvgIpc) is 3.08. The summed E-state index contributed by atoms with van der Waals surface area (Å²) in [7, 11) is 0. The van der Waals surface area contributed by atoms with Gasteiger partial charge >= 0.3 is 0 Å². The predicted molar refractivity (Wildman–Crippen MR) is 113 cm³/mol. The summed E-state index contributed by atoms with van der Waals surface area (Å²) >= 11 is 7.29. The van der Waals surface area contributed by atoms with E-state index in [1.54, 1.807) is 37.3 Å². The first-order valence-electron chi connectivity index (χ1n) is 8.55. The first kappa shape index (κ1) is 20.5. The third kappa shape index (κ3) is 5.18. The smallest absolute Gasteiger partial charge is 0.267 e. The number of nitrogens with two attached hydrogens (primary N) is 1. The second kappa shape index (κ2) is 8.85. The van der Waals surface area contributed by atoms with E-state index in [4.69, 9.17) is 17.3 Å². The fourth-order valence-electron chi connectivity index (χ4n) is 2.55. The number of halogens is 1. The Kier molecular flexibility index (Phi) is 6.26. The fourth-order valence-corrected chi connectivity index (χ4v) is 3.70. The zero-order valence-electron chi connectivity index (χ0n) is 15.4. The summed E-state index contributed by atoms with van der Waals surface area (Å²) in [6, 6.07) is 13.6. The van der Waals surface area contributed by atoms with E-state index in [9.17, 15) is 14.4 Å². The molecule has 3 aromatic rings. The number of aryl methyl sites for hydroxylation is 1. The lowest BCUT2D eigenvalue weighted by molar-refractivity contribution is -0.117. The molecule has 1 aromatic heterocycles. The molecule has 2 aromatic carbocycles. The van der Waals surface area contributed by atoms with Crippen molar-refractivity contribution >= 4 is 46.3 Å². The summed E-state index contributed by atoms with van der Waals surface area (Å²) in [6.07, 6.45) is 0. The second-order valence-corrected chi connectivity index (χ2v) is 7.56. The Labute approximate surface area is 175 Å². The molecule has 1 heterocycles. The fraction of sp³-hybridized carbons (Fsp3) is 0.100. The van der Waals surface area contributed by atoms with Gasteiger partial charge in [-0.15, -0.1) is 11.3 Å². The summed E-state index contributed by atoms with van der Waals surface area (Å²) in [5.41, 5.74) is 7.19. The molecular weight excluding hydrogens is 412 g/mol. The van der Waals surface area contributed by atoms with Gasteiger partial charge in [0, 0.05) is 21.8 Å². The van der Waals surface area contributed by atoms with Crippen LogP contribution in [-0.4, -0.2) is 29.3 Å². The lowest BCUT2D eigenvalue weighted by atomic mass is 10.2. The molecule has 9 heteroatoms. The van der Waals surface area contributed by atoms with E-state index < -0.39 is 11.8 Å². The van der Waals surface area contributed by atoms with Crippen LogP contribution in [-0.2, 0) is 4.79 Å². The molecule has 4 N–H and O–H groups in total. The number of amides is 3. The second-order valence-electron chi connectivity index (χ2n) is 6.13. The van der Waals surface area contributed by atoms with Crippen LogP contribution in [0.5, 0.6) is 0 Å². The highest BCUT2D eigenvalue weighted by Gasteiger charge is 2.17. The van der Waals surface area contributed by atoms with Crippen LogP contribution < -0.4 is 16.4 Å².